The summed E-state index contributed by atoms with van der Waals surface area (Å²) in [5.74, 6) is 0.333. The molecule has 1 aliphatic rings. The molecule has 0 bridgehead atoms. The standard InChI is InChI=1S/C9H13N5O2/c1-5(8-10-4-11-14-8)12-9(16)6-2-3-7(15)13-6/h4-6H,2-3H2,1H3,(H,12,16)(H,13,15)(H,10,11,14)/t5?,6-/m1/s1. The summed E-state index contributed by atoms with van der Waals surface area (Å²) in [6, 6.07) is -0.662. The minimum Gasteiger partial charge on any atom is -0.345 e. The summed E-state index contributed by atoms with van der Waals surface area (Å²) in [5.41, 5.74) is 0. The maximum absolute atomic E-state index is 11.7. The Labute approximate surface area is 92.0 Å². The molecule has 2 atom stereocenters. The quantitative estimate of drug-likeness (QED) is 0.628. The van der Waals surface area contributed by atoms with Crippen molar-refractivity contribution in [3.63, 3.8) is 0 Å². The lowest BCUT2D eigenvalue weighted by molar-refractivity contribution is -0.126. The number of aromatic amines is 1. The van der Waals surface area contributed by atoms with Crippen LogP contribution in [0.3, 0.4) is 0 Å². The molecule has 1 aromatic heterocycles. The van der Waals surface area contributed by atoms with Gasteiger partial charge in [0.2, 0.25) is 11.8 Å². The molecule has 2 heterocycles. The van der Waals surface area contributed by atoms with Gasteiger partial charge in [-0.3, -0.25) is 14.7 Å². The summed E-state index contributed by atoms with van der Waals surface area (Å²) >= 11 is 0. The van der Waals surface area contributed by atoms with Gasteiger partial charge in [-0.25, -0.2) is 4.98 Å². The smallest absolute Gasteiger partial charge is 0.243 e. The van der Waals surface area contributed by atoms with Crippen molar-refractivity contribution in [3.8, 4) is 0 Å². The molecule has 0 aromatic carbocycles. The monoisotopic (exact) mass is 223 g/mol. The predicted octanol–water partition coefficient (Wildman–Crippen LogP) is -0.740. The summed E-state index contributed by atoms with van der Waals surface area (Å²) in [4.78, 5) is 26.6. The van der Waals surface area contributed by atoms with E-state index in [0.29, 0.717) is 18.7 Å². The number of nitrogens with one attached hydrogen (secondary N) is 3. The van der Waals surface area contributed by atoms with Gasteiger partial charge in [-0.15, -0.1) is 0 Å². The Balaban J connectivity index is 1.90. The van der Waals surface area contributed by atoms with E-state index in [1.807, 2.05) is 0 Å². The molecule has 16 heavy (non-hydrogen) atoms. The molecule has 0 radical (unpaired) electrons. The zero-order valence-electron chi connectivity index (χ0n) is 8.86. The van der Waals surface area contributed by atoms with E-state index in [9.17, 15) is 9.59 Å². The minimum atomic E-state index is -0.419. The zero-order chi connectivity index (χ0) is 11.5. The Morgan fingerprint density at radius 2 is 2.50 bits per heavy atom. The van der Waals surface area contributed by atoms with Crippen LogP contribution >= 0.6 is 0 Å². The third kappa shape index (κ3) is 2.18. The van der Waals surface area contributed by atoms with Crippen LogP contribution in [0.2, 0.25) is 0 Å². The van der Waals surface area contributed by atoms with Gasteiger partial charge < -0.3 is 10.6 Å². The van der Waals surface area contributed by atoms with Gasteiger partial charge in [0, 0.05) is 6.42 Å². The molecule has 1 aromatic rings. The summed E-state index contributed by atoms with van der Waals surface area (Å²) in [7, 11) is 0. The predicted molar refractivity (Wildman–Crippen MR) is 54.1 cm³/mol. The Morgan fingerprint density at radius 3 is 3.06 bits per heavy atom. The Kier molecular flexibility index (Phi) is 2.84. The second kappa shape index (κ2) is 4.30. The van der Waals surface area contributed by atoms with Crippen molar-refractivity contribution in [2.75, 3.05) is 0 Å². The van der Waals surface area contributed by atoms with Crippen molar-refractivity contribution in [2.45, 2.75) is 31.8 Å². The number of amides is 2. The van der Waals surface area contributed by atoms with Gasteiger partial charge in [-0.1, -0.05) is 0 Å². The largest absolute Gasteiger partial charge is 0.345 e. The van der Waals surface area contributed by atoms with Gasteiger partial charge in [0.1, 0.15) is 18.2 Å². The summed E-state index contributed by atoms with van der Waals surface area (Å²) < 4.78 is 0. The van der Waals surface area contributed by atoms with Gasteiger partial charge in [0.05, 0.1) is 6.04 Å². The van der Waals surface area contributed by atoms with E-state index in [2.05, 4.69) is 25.8 Å². The summed E-state index contributed by atoms with van der Waals surface area (Å²) in [5, 5.41) is 11.7. The van der Waals surface area contributed by atoms with Crippen molar-refractivity contribution >= 4 is 11.8 Å². The number of nitrogens with zero attached hydrogens (tertiary/aromatic N) is 2. The van der Waals surface area contributed by atoms with Gasteiger partial charge in [0.25, 0.3) is 0 Å². The summed E-state index contributed by atoms with van der Waals surface area (Å²) in [6.07, 6.45) is 2.35. The number of hydrogen-bond donors (Lipinski definition) is 3. The number of carbonyl (C=O) groups is 2. The molecule has 7 nitrogen and oxygen atoms in total. The molecular formula is C9H13N5O2. The molecule has 3 N–H and O–H groups in total. The van der Waals surface area contributed by atoms with Crippen LogP contribution in [0.4, 0.5) is 0 Å². The van der Waals surface area contributed by atoms with Crippen molar-refractivity contribution < 1.29 is 9.59 Å². The molecule has 0 spiro atoms. The molecule has 0 saturated carbocycles. The van der Waals surface area contributed by atoms with Crippen molar-refractivity contribution in [1.82, 2.24) is 25.8 Å². The fourth-order valence-corrected chi connectivity index (χ4v) is 1.62. The molecule has 2 rings (SSSR count). The van der Waals surface area contributed by atoms with E-state index >= 15 is 0 Å². The number of aromatic nitrogens is 3. The molecule has 1 saturated heterocycles. The lowest BCUT2D eigenvalue weighted by atomic mass is 10.2. The van der Waals surface area contributed by atoms with E-state index in [1.165, 1.54) is 6.33 Å². The molecule has 1 aliphatic heterocycles. The van der Waals surface area contributed by atoms with Crippen LogP contribution in [0.1, 0.15) is 31.6 Å². The first-order valence-electron chi connectivity index (χ1n) is 5.12. The third-order valence-electron chi connectivity index (χ3n) is 2.51. The van der Waals surface area contributed by atoms with E-state index in [4.69, 9.17) is 0 Å². The third-order valence-corrected chi connectivity index (χ3v) is 2.51. The van der Waals surface area contributed by atoms with E-state index in [-0.39, 0.29) is 17.9 Å². The molecule has 86 valence electrons. The van der Waals surface area contributed by atoms with Gasteiger partial charge in [-0.05, 0) is 13.3 Å². The molecule has 1 unspecified atom stereocenters. The highest BCUT2D eigenvalue weighted by Gasteiger charge is 2.28. The van der Waals surface area contributed by atoms with Crippen molar-refractivity contribution in [3.05, 3.63) is 12.2 Å². The van der Waals surface area contributed by atoms with Crippen molar-refractivity contribution in [2.24, 2.45) is 0 Å². The lowest BCUT2D eigenvalue weighted by Gasteiger charge is -2.14. The second-order valence-electron chi connectivity index (χ2n) is 3.76. The van der Waals surface area contributed by atoms with Crippen LogP contribution in [-0.2, 0) is 9.59 Å². The number of H-pyrrole nitrogens is 1. The fourth-order valence-electron chi connectivity index (χ4n) is 1.62. The summed E-state index contributed by atoms with van der Waals surface area (Å²) in [6.45, 7) is 1.80. The maximum Gasteiger partial charge on any atom is 0.243 e. The first-order chi connectivity index (χ1) is 7.66. The van der Waals surface area contributed by atoms with Crippen LogP contribution in [0, 0.1) is 0 Å². The molecule has 2 amide bonds. The van der Waals surface area contributed by atoms with Crippen LogP contribution in [0.25, 0.3) is 0 Å². The van der Waals surface area contributed by atoms with E-state index in [0.717, 1.165) is 0 Å². The number of rotatable bonds is 3. The fraction of sp³-hybridized carbons (Fsp3) is 0.556. The first kappa shape index (κ1) is 10.6. The normalized spacial score (nSPS) is 21.6. The van der Waals surface area contributed by atoms with Crippen molar-refractivity contribution in [1.29, 1.82) is 0 Å². The molecule has 1 fully saturated rings. The Morgan fingerprint density at radius 1 is 1.69 bits per heavy atom. The molecule has 0 aliphatic carbocycles. The number of carbonyl (C=O) groups excluding carboxylic acids is 2. The maximum atomic E-state index is 11.7. The average molecular weight is 223 g/mol. The highest BCUT2D eigenvalue weighted by atomic mass is 16.2. The van der Waals surface area contributed by atoms with Crippen LogP contribution in [0.5, 0.6) is 0 Å². The van der Waals surface area contributed by atoms with E-state index in [1.54, 1.807) is 6.92 Å². The average Bonchev–Trinajstić information content (AvgIpc) is 2.87. The number of hydrogen-bond acceptors (Lipinski definition) is 4. The highest BCUT2D eigenvalue weighted by Crippen LogP contribution is 2.09. The Hall–Kier alpha value is -1.92. The van der Waals surface area contributed by atoms with Gasteiger partial charge in [-0.2, -0.15) is 5.10 Å². The van der Waals surface area contributed by atoms with E-state index < -0.39 is 6.04 Å². The van der Waals surface area contributed by atoms with Crippen LogP contribution in [0.15, 0.2) is 6.33 Å². The SMILES string of the molecule is CC(NC(=O)[C@H]1CCC(=O)N1)c1ncn[nH]1. The van der Waals surface area contributed by atoms with Crippen LogP contribution in [-0.4, -0.2) is 33.0 Å². The molecular weight excluding hydrogens is 210 g/mol. The highest BCUT2D eigenvalue weighted by molar-refractivity contribution is 5.90. The second-order valence-corrected chi connectivity index (χ2v) is 3.76. The topological polar surface area (TPSA) is 99.8 Å². The molecule has 7 heteroatoms. The van der Waals surface area contributed by atoms with Crippen LogP contribution < -0.4 is 10.6 Å². The lowest BCUT2D eigenvalue weighted by Crippen LogP contribution is -2.42. The van der Waals surface area contributed by atoms with Gasteiger partial charge >= 0.3 is 0 Å². The first-order valence-corrected chi connectivity index (χ1v) is 5.12. The minimum absolute atomic E-state index is 0.0764. The van der Waals surface area contributed by atoms with Gasteiger partial charge in [0.15, 0.2) is 0 Å². The Bertz CT molecular complexity index is 389. The zero-order valence-corrected chi connectivity index (χ0v) is 8.86.